The van der Waals surface area contributed by atoms with Gasteiger partial charge in [-0.15, -0.1) is 0 Å². The van der Waals surface area contributed by atoms with Gasteiger partial charge < -0.3 is 15.4 Å². The Morgan fingerprint density at radius 2 is 1.70 bits per heavy atom. The molecule has 0 saturated heterocycles. The molecule has 7 nitrogen and oxygen atoms in total. The van der Waals surface area contributed by atoms with Crippen molar-refractivity contribution in [2.45, 2.75) is 38.6 Å². The number of hydrogen-bond donors (Lipinski definition) is 2. The first kappa shape index (κ1) is 24.5. The van der Waals surface area contributed by atoms with Crippen LogP contribution in [0.2, 0.25) is 0 Å². The topological polar surface area (TPSA) is 87.7 Å². The fourth-order valence-electron chi connectivity index (χ4n) is 3.67. The maximum atomic E-state index is 13.2. The van der Waals surface area contributed by atoms with Gasteiger partial charge in [-0.3, -0.25) is 4.79 Å². The maximum Gasteiger partial charge on any atom is 0.246 e. The van der Waals surface area contributed by atoms with Crippen molar-refractivity contribution < 1.29 is 17.9 Å². The first-order valence-electron chi connectivity index (χ1n) is 11.1. The van der Waals surface area contributed by atoms with E-state index in [0.29, 0.717) is 31.1 Å². The van der Waals surface area contributed by atoms with Gasteiger partial charge in [0.2, 0.25) is 15.9 Å². The van der Waals surface area contributed by atoms with Gasteiger partial charge in [-0.2, -0.15) is 4.31 Å². The molecule has 0 saturated carbocycles. The number of nitrogens with one attached hydrogen (secondary N) is 2. The van der Waals surface area contributed by atoms with E-state index in [1.165, 1.54) is 10.4 Å². The Bertz CT molecular complexity index is 1220. The molecule has 8 heteroatoms. The molecule has 0 aliphatic carbocycles. The van der Waals surface area contributed by atoms with E-state index in [1.807, 2.05) is 42.5 Å². The predicted molar refractivity (Wildman–Crippen MR) is 133 cm³/mol. The monoisotopic (exact) mass is 469 g/mol. The number of rotatable bonds is 10. The minimum atomic E-state index is -3.74. The second kappa shape index (κ2) is 10.7. The predicted octanol–water partition coefficient (Wildman–Crippen LogP) is 4.71. The molecule has 0 unspecified atom stereocenters. The van der Waals surface area contributed by atoms with E-state index in [4.69, 9.17) is 4.74 Å². The fraction of sp³-hybridized carbons (Fsp3) is 0.320. The largest absolute Gasteiger partial charge is 0.492 e. The lowest BCUT2D eigenvalue weighted by molar-refractivity contribution is -0.116. The third-order valence-corrected chi connectivity index (χ3v) is 7.46. The van der Waals surface area contributed by atoms with Crippen LogP contribution in [0.5, 0.6) is 5.75 Å². The van der Waals surface area contributed by atoms with Crippen molar-refractivity contribution in [3.05, 3.63) is 60.7 Å². The minimum Gasteiger partial charge on any atom is -0.492 e. The summed E-state index contributed by atoms with van der Waals surface area (Å²) in [6, 6.07) is 17.8. The first-order chi connectivity index (χ1) is 15.8. The first-order valence-corrected chi connectivity index (χ1v) is 12.6. The second-order valence-corrected chi connectivity index (χ2v) is 9.47. The average molecular weight is 470 g/mol. The number of benzene rings is 3. The average Bonchev–Trinajstić information content (AvgIpc) is 2.81. The molecule has 1 amide bonds. The molecule has 0 bridgehead atoms. The molecule has 3 aromatic carbocycles. The smallest absolute Gasteiger partial charge is 0.246 e. The van der Waals surface area contributed by atoms with Crippen LogP contribution in [0.15, 0.2) is 65.6 Å². The van der Waals surface area contributed by atoms with Gasteiger partial charge in [0.25, 0.3) is 0 Å². The van der Waals surface area contributed by atoms with Gasteiger partial charge in [0.15, 0.2) is 0 Å². The van der Waals surface area contributed by atoms with E-state index in [9.17, 15) is 13.2 Å². The summed E-state index contributed by atoms with van der Waals surface area (Å²) in [5.74, 6) is 0.0659. The number of ether oxygens (including phenoxy) is 1. The molecule has 3 rings (SSSR count). The van der Waals surface area contributed by atoms with Crippen molar-refractivity contribution >= 4 is 38.1 Å². The Morgan fingerprint density at radius 1 is 1.00 bits per heavy atom. The molecular weight excluding hydrogens is 438 g/mol. The lowest BCUT2D eigenvalue weighted by Crippen LogP contribution is -2.32. The van der Waals surface area contributed by atoms with Crippen LogP contribution in [0.1, 0.15) is 27.7 Å². The summed E-state index contributed by atoms with van der Waals surface area (Å²) >= 11 is 0. The third-order valence-electron chi connectivity index (χ3n) is 5.39. The van der Waals surface area contributed by atoms with Crippen LogP contribution >= 0.6 is 0 Å². The molecule has 0 aliphatic heterocycles. The number of amides is 1. The molecular formula is C25H31N3O4S. The number of nitrogens with zero attached hydrogens (tertiary/aromatic N) is 1. The lowest BCUT2D eigenvalue weighted by Gasteiger charge is -2.22. The highest BCUT2D eigenvalue weighted by Gasteiger charge is 2.26. The summed E-state index contributed by atoms with van der Waals surface area (Å²) in [5, 5.41) is 8.07. The minimum absolute atomic E-state index is 0.0831. The van der Waals surface area contributed by atoms with Crippen LogP contribution in [-0.2, 0) is 14.8 Å². The summed E-state index contributed by atoms with van der Waals surface area (Å²) in [7, 11) is -3.74. The van der Waals surface area contributed by atoms with Crippen molar-refractivity contribution in [3.8, 4) is 5.75 Å². The van der Waals surface area contributed by atoms with Gasteiger partial charge in [-0.25, -0.2) is 8.42 Å². The van der Waals surface area contributed by atoms with Crippen molar-refractivity contribution in [1.82, 2.24) is 4.31 Å². The van der Waals surface area contributed by atoms with E-state index in [-0.39, 0.29) is 10.8 Å². The van der Waals surface area contributed by atoms with Gasteiger partial charge in [0.1, 0.15) is 16.7 Å². The third kappa shape index (κ3) is 5.46. The lowest BCUT2D eigenvalue weighted by atomic mass is 10.1. The van der Waals surface area contributed by atoms with Gasteiger partial charge in [0.05, 0.1) is 6.61 Å². The Hall–Kier alpha value is -3.10. The summed E-state index contributed by atoms with van der Waals surface area (Å²) in [5.41, 5.74) is 1.24. The highest BCUT2D eigenvalue weighted by Crippen LogP contribution is 2.30. The van der Waals surface area contributed by atoms with Gasteiger partial charge in [0, 0.05) is 29.9 Å². The van der Waals surface area contributed by atoms with Crippen molar-refractivity contribution in [3.63, 3.8) is 0 Å². The molecule has 0 fully saturated rings. The SMILES string of the molecule is CCOc1ccc(N[C@@H](C)C(=O)Nc2cccc3ccccc23)cc1S(=O)(=O)N(CC)CC. The Labute approximate surface area is 195 Å². The maximum absolute atomic E-state index is 13.2. The highest BCUT2D eigenvalue weighted by atomic mass is 32.2. The number of carbonyl (C=O) groups is 1. The van der Waals surface area contributed by atoms with E-state index in [0.717, 1.165) is 16.5 Å². The molecule has 0 aromatic heterocycles. The molecule has 0 aliphatic rings. The van der Waals surface area contributed by atoms with Crippen LogP contribution in [0.25, 0.3) is 10.8 Å². The molecule has 3 aromatic rings. The summed E-state index contributed by atoms with van der Waals surface area (Å²) in [6.45, 7) is 8.18. The molecule has 0 spiro atoms. The highest BCUT2D eigenvalue weighted by molar-refractivity contribution is 7.89. The van der Waals surface area contributed by atoms with Crippen LogP contribution < -0.4 is 15.4 Å². The van der Waals surface area contributed by atoms with Crippen molar-refractivity contribution in [1.29, 1.82) is 0 Å². The Kier molecular flexibility index (Phi) is 7.94. The van der Waals surface area contributed by atoms with Crippen LogP contribution in [0.3, 0.4) is 0 Å². The fourth-order valence-corrected chi connectivity index (χ4v) is 5.28. The zero-order valence-electron chi connectivity index (χ0n) is 19.5. The second-order valence-electron chi connectivity index (χ2n) is 7.57. The molecule has 176 valence electrons. The number of carbonyl (C=O) groups excluding carboxylic acids is 1. The number of anilines is 2. The molecule has 0 radical (unpaired) electrons. The number of sulfonamides is 1. The van der Waals surface area contributed by atoms with Gasteiger partial charge in [-0.05, 0) is 43.5 Å². The standard InChI is InChI=1S/C25H31N3O4S/c1-5-28(6-2)33(30,31)24-17-20(15-16-23(24)32-7-3)26-18(4)25(29)27-22-14-10-12-19-11-8-9-13-21(19)22/h8-18,26H,5-7H2,1-4H3,(H,27,29)/t18-/m0/s1. The zero-order valence-corrected chi connectivity index (χ0v) is 20.3. The molecule has 1 atom stereocenters. The molecule has 2 N–H and O–H groups in total. The quantitative estimate of drug-likeness (QED) is 0.449. The summed E-state index contributed by atoms with van der Waals surface area (Å²) in [6.07, 6.45) is 0. The Morgan fingerprint density at radius 3 is 2.39 bits per heavy atom. The Balaban J connectivity index is 1.84. The van der Waals surface area contributed by atoms with E-state index < -0.39 is 16.1 Å². The summed E-state index contributed by atoms with van der Waals surface area (Å²) in [4.78, 5) is 13.0. The van der Waals surface area contributed by atoms with E-state index in [2.05, 4.69) is 10.6 Å². The normalized spacial score (nSPS) is 12.5. The van der Waals surface area contributed by atoms with Gasteiger partial charge in [-0.1, -0.05) is 50.2 Å². The number of hydrogen-bond acceptors (Lipinski definition) is 5. The van der Waals surface area contributed by atoms with Crippen LogP contribution in [0, 0.1) is 0 Å². The van der Waals surface area contributed by atoms with E-state index >= 15 is 0 Å². The molecule has 0 heterocycles. The van der Waals surface area contributed by atoms with Crippen LogP contribution in [-0.4, -0.2) is 44.4 Å². The zero-order chi connectivity index (χ0) is 24.0. The molecule has 33 heavy (non-hydrogen) atoms. The van der Waals surface area contributed by atoms with Gasteiger partial charge >= 0.3 is 0 Å². The summed E-state index contributed by atoms with van der Waals surface area (Å²) < 4.78 is 33.3. The van der Waals surface area contributed by atoms with Crippen molar-refractivity contribution in [2.75, 3.05) is 30.3 Å². The van der Waals surface area contributed by atoms with E-state index in [1.54, 1.807) is 39.8 Å². The van der Waals surface area contributed by atoms with Crippen LogP contribution in [0.4, 0.5) is 11.4 Å². The number of fused-ring (bicyclic) bond motifs is 1. The van der Waals surface area contributed by atoms with Crippen molar-refractivity contribution in [2.24, 2.45) is 0 Å².